The number of nitrogens with one attached hydrogen (secondary N) is 2. The van der Waals surface area contributed by atoms with Gasteiger partial charge in [-0.3, -0.25) is 4.90 Å². The molecule has 1 aliphatic rings. The van der Waals surface area contributed by atoms with Crippen molar-refractivity contribution >= 4 is 30.8 Å². The molecule has 196 valence electrons. The Hall–Kier alpha value is -1.83. The molecule has 0 atom stereocenters. The van der Waals surface area contributed by atoms with Gasteiger partial charge in [0.25, 0.3) is 0 Å². The van der Waals surface area contributed by atoms with Crippen molar-refractivity contribution in [2.75, 3.05) is 39.4 Å². The number of carbonyl (C=O) groups is 1. The standard InChI is InChI=1S/C27H40N4O2.2ClH/c1-27(2,3)29-26(32)31(15-7-14-30-16-18-33-19-17-30)22-25-12-10-24(11-13-25)21-28-20-23-8-5-4-6-9-23;;/h4-6,8-13,28H,7,14-22H2,1-3H3,(H,29,32);2*1H. The van der Waals surface area contributed by atoms with Crippen molar-refractivity contribution < 1.29 is 9.53 Å². The monoisotopic (exact) mass is 524 g/mol. The summed E-state index contributed by atoms with van der Waals surface area (Å²) in [6, 6.07) is 19.0. The molecule has 0 spiro atoms. The summed E-state index contributed by atoms with van der Waals surface area (Å²) >= 11 is 0. The van der Waals surface area contributed by atoms with E-state index in [2.05, 4.69) is 64.1 Å². The zero-order valence-electron chi connectivity index (χ0n) is 21.3. The van der Waals surface area contributed by atoms with Gasteiger partial charge in [-0.05, 0) is 43.9 Å². The summed E-state index contributed by atoms with van der Waals surface area (Å²) in [7, 11) is 0. The molecule has 0 saturated carbocycles. The minimum absolute atomic E-state index is 0. The summed E-state index contributed by atoms with van der Waals surface area (Å²) in [6.07, 6.45) is 0.957. The SMILES string of the molecule is CC(C)(C)NC(=O)N(CCCN1CCOCC1)Cc1ccc(CNCc2ccccc2)cc1.Cl.Cl. The Morgan fingerprint density at radius 3 is 2.09 bits per heavy atom. The van der Waals surface area contributed by atoms with Crippen LogP contribution in [0.15, 0.2) is 54.6 Å². The molecule has 0 unspecified atom stereocenters. The highest BCUT2D eigenvalue weighted by atomic mass is 35.5. The summed E-state index contributed by atoms with van der Waals surface area (Å²) in [5, 5.41) is 6.62. The molecule has 1 heterocycles. The Balaban J connectivity index is 0.00000306. The first-order valence-electron chi connectivity index (χ1n) is 12.1. The Bertz CT molecular complexity index is 839. The van der Waals surface area contributed by atoms with Crippen LogP contribution in [0, 0.1) is 0 Å². The van der Waals surface area contributed by atoms with Crippen LogP contribution >= 0.6 is 24.8 Å². The Kier molecular flexibility index (Phi) is 14.3. The molecule has 2 N–H and O–H groups in total. The average Bonchev–Trinajstić information content (AvgIpc) is 2.80. The van der Waals surface area contributed by atoms with Crippen LogP contribution in [0.5, 0.6) is 0 Å². The predicted molar refractivity (Wildman–Crippen MR) is 148 cm³/mol. The molecule has 0 bridgehead atoms. The van der Waals surface area contributed by atoms with Gasteiger partial charge in [-0.25, -0.2) is 4.79 Å². The first kappa shape index (κ1) is 31.2. The summed E-state index contributed by atoms with van der Waals surface area (Å²) in [5.74, 6) is 0. The van der Waals surface area contributed by atoms with Gasteiger partial charge in [0, 0.05) is 51.4 Å². The van der Waals surface area contributed by atoms with Crippen LogP contribution in [0.2, 0.25) is 0 Å². The van der Waals surface area contributed by atoms with Gasteiger partial charge in [0.15, 0.2) is 0 Å². The fourth-order valence-corrected chi connectivity index (χ4v) is 3.89. The Labute approximate surface area is 223 Å². The molecule has 1 fully saturated rings. The number of carbonyl (C=O) groups excluding carboxylic acids is 1. The van der Waals surface area contributed by atoms with Crippen molar-refractivity contribution in [1.29, 1.82) is 0 Å². The number of hydrogen-bond acceptors (Lipinski definition) is 4. The minimum atomic E-state index is -0.256. The lowest BCUT2D eigenvalue weighted by molar-refractivity contribution is 0.0364. The van der Waals surface area contributed by atoms with Gasteiger partial charge >= 0.3 is 6.03 Å². The van der Waals surface area contributed by atoms with E-state index in [1.165, 1.54) is 11.1 Å². The second kappa shape index (κ2) is 16.0. The molecule has 6 nitrogen and oxygen atoms in total. The summed E-state index contributed by atoms with van der Waals surface area (Å²) in [6.45, 7) is 13.7. The van der Waals surface area contributed by atoms with Crippen molar-refractivity contribution in [3.05, 3.63) is 71.3 Å². The molecular weight excluding hydrogens is 483 g/mol. The molecule has 0 aliphatic carbocycles. The smallest absolute Gasteiger partial charge is 0.318 e. The van der Waals surface area contributed by atoms with E-state index in [-0.39, 0.29) is 36.4 Å². The zero-order valence-corrected chi connectivity index (χ0v) is 22.9. The molecule has 0 aromatic heterocycles. The Morgan fingerprint density at radius 2 is 1.49 bits per heavy atom. The number of halogens is 2. The Morgan fingerprint density at radius 1 is 0.914 bits per heavy atom. The molecule has 2 aromatic rings. The van der Waals surface area contributed by atoms with Gasteiger partial charge in [-0.15, -0.1) is 24.8 Å². The number of urea groups is 1. The first-order chi connectivity index (χ1) is 15.9. The summed E-state index contributed by atoms with van der Waals surface area (Å²) in [4.78, 5) is 17.3. The molecule has 0 radical (unpaired) electrons. The zero-order chi connectivity index (χ0) is 23.5. The van der Waals surface area contributed by atoms with Crippen LogP contribution in [-0.2, 0) is 24.4 Å². The van der Waals surface area contributed by atoms with Gasteiger partial charge < -0.3 is 20.3 Å². The molecule has 2 aromatic carbocycles. The topological polar surface area (TPSA) is 56.8 Å². The van der Waals surface area contributed by atoms with E-state index in [0.717, 1.165) is 64.5 Å². The maximum Gasteiger partial charge on any atom is 0.318 e. The molecule has 2 amide bonds. The normalized spacial score (nSPS) is 13.9. The van der Waals surface area contributed by atoms with E-state index in [1.807, 2.05) is 31.7 Å². The van der Waals surface area contributed by atoms with Gasteiger partial charge in [0.05, 0.1) is 13.2 Å². The van der Waals surface area contributed by atoms with Gasteiger partial charge in [0.1, 0.15) is 0 Å². The number of nitrogens with zero attached hydrogens (tertiary/aromatic N) is 2. The van der Waals surface area contributed by atoms with Crippen LogP contribution in [0.1, 0.15) is 43.9 Å². The third-order valence-electron chi connectivity index (χ3n) is 5.67. The second-order valence-electron chi connectivity index (χ2n) is 9.81. The highest BCUT2D eigenvalue weighted by Gasteiger charge is 2.20. The van der Waals surface area contributed by atoms with E-state index in [9.17, 15) is 4.79 Å². The highest BCUT2D eigenvalue weighted by Crippen LogP contribution is 2.11. The molecule has 8 heteroatoms. The van der Waals surface area contributed by atoms with Crippen LogP contribution in [0.4, 0.5) is 4.79 Å². The van der Waals surface area contributed by atoms with Crippen molar-refractivity contribution in [3.63, 3.8) is 0 Å². The lowest BCUT2D eigenvalue weighted by Gasteiger charge is -2.30. The van der Waals surface area contributed by atoms with E-state index in [0.29, 0.717) is 6.54 Å². The van der Waals surface area contributed by atoms with Crippen molar-refractivity contribution in [1.82, 2.24) is 20.4 Å². The third-order valence-corrected chi connectivity index (χ3v) is 5.67. The maximum absolute atomic E-state index is 13.0. The molecule has 3 rings (SSSR count). The van der Waals surface area contributed by atoms with Crippen LogP contribution in [-0.4, -0.2) is 60.8 Å². The van der Waals surface area contributed by atoms with Gasteiger partial charge in [-0.2, -0.15) is 0 Å². The average molecular weight is 526 g/mol. The van der Waals surface area contributed by atoms with Crippen molar-refractivity contribution in [3.8, 4) is 0 Å². The lowest BCUT2D eigenvalue weighted by atomic mass is 10.1. The van der Waals surface area contributed by atoms with E-state index >= 15 is 0 Å². The second-order valence-corrected chi connectivity index (χ2v) is 9.81. The molecule has 35 heavy (non-hydrogen) atoms. The number of ether oxygens (including phenoxy) is 1. The van der Waals surface area contributed by atoms with Crippen molar-refractivity contribution in [2.24, 2.45) is 0 Å². The number of hydrogen-bond donors (Lipinski definition) is 2. The number of benzene rings is 2. The maximum atomic E-state index is 13.0. The first-order valence-corrected chi connectivity index (χ1v) is 12.1. The van der Waals surface area contributed by atoms with Gasteiger partial charge in [-0.1, -0.05) is 54.6 Å². The van der Waals surface area contributed by atoms with E-state index in [4.69, 9.17) is 4.74 Å². The van der Waals surface area contributed by atoms with Crippen molar-refractivity contribution in [2.45, 2.75) is 52.4 Å². The minimum Gasteiger partial charge on any atom is -0.379 e. The predicted octanol–water partition coefficient (Wildman–Crippen LogP) is 4.85. The van der Waals surface area contributed by atoms with Crippen LogP contribution in [0.3, 0.4) is 0 Å². The molecule has 1 saturated heterocycles. The van der Waals surface area contributed by atoms with E-state index in [1.54, 1.807) is 0 Å². The summed E-state index contributed by atoms with van der Waals surface area (Å²) < 4.78 is 5.44. The molecule has 1 aliphatic heterocycles. The van der Waals surface area contributed by atoms with Crippen LogP contribution < -0.4 is 10.6 Å². The fourth-order valence-electron chi connectivity index (χ4n) is 3.89. The number of rotatable bonds is 10. The van der Waals surface area contributed by atoms with Gasteiger partial charge in [0.2, 0.25) is 0 Å². The van der Waals surface area contributed by atoms with E-state index < -0.39 is 0 Å². The lowest BCUT2D eigenvalue weighted by Crippen LogP contribution is -2.49. The fraction of sp³-hybridized carbons (Fsp3) is 0.519. The highest BCUT2D eigenvalue weighted by molar-refractivity contribution is 5.85. The third kappa shape index (κ3) is 12.1. The van der Waals surface area contributed by atoms with Crippen LogP contribution in [0.25, 0.3) is 0 Å². The quantitative estimate of drug-likeness (QED) is 0.466. The largest absolute Gasteiger partial charge is 0.379 e. The summed E-state index contributed by atoms with van der Waals surface area (Å²) in [5.41, 5.74) is 3.42. The number of amides is 2. The number of morpholine rings is 1. The molecular formula is C27H42Cl2N4O2.